The number of benzene rings is 1. The maximum atomic E-state index is 12.3. The summed E-state index contributed by atoms with van der Waals surface area (Å²) in [4.78, 5) is 12.0. The lowest BCUT2D eigenvalue weighted by Crippen LogP contribution is -2.36. The Hall–Kier alpha value is -2.00. The van der Waals surface area contributed by atoms with Crippen LogP contribution in [0.5, 0.6) is 0 Å². The van der Waals surface area contributed by atoms with Crippen molar-refractivity contribution in [1.29, 1.82) is 0 Å². The molecule has 3 nitrogen and oxygen atoms in total. The number of hydrogen-bond donors (Lipinski definition) is 2. The van der Waals surface area contributed by atoms with Crippen molar-refractivity contribution in [2.75, 3.05) is 6.54 Å². The van der Waals surface area contributed by atoms with Crippen molar-refractivity contribution >= 4 is 5.91 Å². The summed E-state index contributed by atoms with van der Waals surface area (Å²) in [5.41, 5.74) is 6.86. The molecule has 0 saturated heterocycles. The van der Waals surface area contributed by atoms with Crippen LogP contribution in [0.15, 0.2) is 18.2 Å². The highest BCUT2D eigenvalue weighted by Gasteiger charge is 2.30. The first-order chi connectivity index (χ1) is 9.74. The van der Waals surface area contributed by atoms with Crippen LogP contribution in [0.4, 0.5) is 13.2 Å². The van der Waals surface area contributed by atoms with E-state index in [1.54, 1.807) is 25.1 Å². The highest BCUT2D eigenvalue weighted by Crippen LogP contribution is 2.21. The summed E-state index contributed by atoms with van der Waals surface area (Å²) in [5, 5.41) is 2.35. The van der Waals surface area contributed by atoms with E-state index in [0.717, 1.165) is 0 Å². The summed E-state index contributed by atoms with van der Waals surface area (Å²) in [6.45, 7) is 3.21. The van der Waals surface area contributed by atoms with Gasteiger partial charge in [0.2, 0.25) is 0 Å². The third kappa shape index (κ3) is 5.48. The molecular weight excluding hydrogens is 281 g/mol. The predicted molar refractivity (Wildman–Crippen MR) is 74.7 cm³/mol. The lowest BCUT2D eigenvalue weighted by molar-refractivity contribution is -0.138. The average molecular weight is 298 g/mol. The maximum Gasteiger partial charge on any atom is 0.391 e. The van der Waals surface area contributed by atoms with E-state index in [9.17, 15) is 18.0 Å². The van der Waals surface area contributed by atoms with E-state index in [4.69, 9.17) is 5.73 Å². The molecule has 0 saturated carbocycles. The lowest BCUT2D eigenvalue weighted by atomic mass is 10.0. The highest BCUT2D eigenvalue weighted by molar-refractivity contribution is 5.96. The molecule has 1 aromatic rings. The first kappa shape index (κ1) is 17.1. The predicted octanol–water partition coefficient (Wildman–Crippen LogP) is 2.38. The Kier molecular flexibility index (Phi) is 5.79. The van der Waals surface area contributed by atoms with Gasteiger partial charge >= 0.3 is 6.18 Å². The smallest absolute Gasteiger partial charge is 0.349 e. The molecule has 1 amide bonds. The van der Waals surface area contributed by atoms with Crippen LogP contribution in [0.2, 0.25) is 0 Å². The summed E-state index contributed by atoms with van der Waals surface area (Å²) in [6.07, 6.45) is -5.37. The lowest BCUT2D eigenvalue weighted by Gasteiger charge is -2.16. The molecule has 0 heterocycles. The third-order valence-corrected chi connectivity index (χ3v) is 2.82. The van der Waals surface area contributed by atoms with Gasteiger partial charge in [0.05, 0.1) is 13.0 Å². The zero-order valence-corrected chi connectivity index (χ0v) is 11.8. The topological polar surface area (TPSA) is 55.1 Å². The van der Waals surface area contributed by atoms with E-state index in [1.165, 1.54) is 6.92 Å². The standard InChI is InChI=1S/C15H17F3N2O/c1-10(9-15(16,17)18)20-14(21)13-7-3-5-12(11(13)2)6-4-8-19/h3,5,7,10H,8-9,19H2,1-2H3,(H,20,21). The number of halogens is 3. The number of carbonyl (C=O) groups is 1. The Labute approximate surface area is 121 Å². The molecule has 0 spiro atoms. The van der Waals surface area contributed by atoms with Gasteiger partial charge in [0, 0.05) is 17.2 Å². The van der Waals surface area contributed by atoms with E-state index in [2.05, 4.69) is 17.2 Å². The van der Waals surface area contributed by atoms with Gasteiger partial charge in [-0.05, 0) is 31.5 Å². The number of hydrogen-bond acceptors (Lipinski definition) is 2. The minimum atomic E-state index is -4.31. The molecule has 1 atom stereocenters. The SMILES string of the molecule is Cc1c(C#CCN)cccc1C(=O)NC(C)CC(F)(F)F. The molecule has 0 aliphatic heterocycles. The number of rotatable bonds is 3. The molecule has 1 rings (SSSR count). The molecule has 1 aromatic carbocycles. The van der Waals surface area contributed by atoms with Gasteiger partial charge in [-0.3, -0.25) is 4.79 Å². The number of amides is 1. The molecule has 0 aliphatic carbocycles. The average Bonchev–Trinajstić information content (AvgIpc) is 2.35. The Balaban J connectivity index is 2.88. The van der Waals surface area contributed by atoms with Crippen molar-refractivity contribution in [2.24, 2.45) is 5.73 Å². The first-order valence-corrected chi connectivity index (χ1v) is 6.40. The molecule has 0 aromatic heterocycles. The third-order valence-electron chi connectivity index (χ3n) is 2.82. The van der Waals surface area contributed by atoms with Crippen LogP contribution in [0.3, 0.4) is 0 Å². The minimum absolute atomic E-state index is 0.193. The van der Waals surface area contributed by atoms with E-state index < -0.39 is 24.5 Å². The monoisotopic (exact) mass is 298 g/mol. The zero-order chi connectivity index (χ0) is 16.0. The Morgan fingerprint density at radius 1 is 1.43 bits per heavy atom. The summed E-state index contributed by atoms with van der Waals surface area (Å²) in [7, 11) is 0. The molecule has 114 valence electrons. The van der Waals surface area contributed by atoms with Crippen molar-refractivity contribution in [3.05, 3.63) is 34.9 Å². The summed E-state index contributed by atoms with van der Waals surface area (Å²) in [6, 6.07) is 3.93. The van der Waals surface area contributed by atoms with Crippen LogP contribution >= 0.6 is 0 Å². The van der Waals surface area contributed by atoms with Crippen LogP contribution in [-0.2, 0) is 0 Å². The Bertz CT molecular complexity index is 571. The fourth-order valence-electron chi connectivity index (χ4n) is 1.86. The zero-order valence-electron chi connectivity index (χ0n) is 11.8. The highest BCUT2D eigenvalue weighted by atomic mass is 19.4. The Morgan fingerprint density at radius 3 is 2.67 bits per heavy atom. The van der Waals surface area contributed by atoms with Crippen molar-refractivity contribution < 1.29 is 18.0 Å². The van der Waals surface area contributed by atoms with Gasteiger partial charge in [-0.2, -0.15) is 13.2 Å². The fraction of sp³-hybridized carbons (Fsp3) is 0.400. The van der Waals surface area contributed by atoms with Gasteiger partial charge in [-0.25, -0.2) is 0 Å². The van der Waals surface area contributed by atoms with Gasteiger partial charge in [0.1, 0.15) is 0 Å². The normalized spacial score (nSPS) is 12.3. The van der Waals surface area contributed by atoms with Gasteiger partial charge in [-0.15, -0.1) is 0 Å². The fourth-order valence-corrected chi connectivity index (χ4v) is 1.86. The molecule has 3 N–H and O–H groups in total. The van der Waals surface area contributed by atoms with Crippen molar-refractivity contribution in [2.45, 2.75) is 32.5 Å². The molecule has 0 bridgehead atoms. The first-order valence-electron chi connectivity index (χ1n) is 6.40. The van der Waals surface area contributed by atoms with Gasteiger partial charge in [0.25, 0.3) is 5.91 Å². The number of carbonyl (C=O) groups excluding carboxylic acids is 1. The minimum Gasteiger partial charge on any atom is -0.349 e. The molecule has 6 heteroatoms. The second kappa shape index (κ2) is 7.14. The molecule has 0 fully saturated rings. The quantitative estimate of drug-likeness (QED) is 0.842. The second-order valence-corrected chi connectivity index (χ2v) is 4.68. The molecule has 21 heavy (non-hydrogen) atoms. The van der Waals surface area contributed by atoms with Gasteiger partial charge in [-0.1, -0.05) is 17.9 Å². The molecule has 0 aliphatic rings. The van der Waals surface area contributed by atoms with Crippen LogP contribution in [0.1, 0.15) is 34.8 Å². The summed E-state index contributed by atoms with van der Waals surface area (Å²) in [5.74, 6) is 4.96. The number of nitrogens with one attached hydrogen (secondary N) is 1. The van der Waals surface area contributed by atoms with E-state index in [-0.39, 0.29) is 6.54 Å². The van der Waals surface area contributed by atoms with Crippen molar-refractivity contribution in [1.82, 2.24) is 5.32 Å². The number of nitrogens with two attached hydrogens (primary N) is 1. The molecule has 1 unspecified atom stereocenters. The number of alkyl halides is 3. The van der Waals surface area contributed by atoms with E-state index >= 15 is 0 Å². The van der Waals surface area contributed by atoms with E-state index in [1.807, 2.05) is 0 Å². The largest absolute Gasteiger partial charge is 0.391 e. The van der Waals surface area contributed by atoms with Crippen LogP contribution in [0.25, 0.3) is 0 Å². The maximum absolute atomic E-state index is 12.3. The molecular formula is C15H17F3N2O. The van der Waals surface area contributed by atoms with Gasteiger partial charge < -0.3 is 11.1 Å². The van der Waals surface area contributed by atoms with Crippen LogP contribution in [-0.4, -0.2) is 24.7 Å². The Morgan fingerprint density at radius 2 is 2.10 bits per heavy atom. The summed E-state index contributed by atoms with van der Waals surface area (Å²) >= 11 is 0. The second-order valence-electron chi connectivity index (χ2n) is 4.68. The van der Waals surface area contributed by atoms with Gasteiger partial charge in [0.15, 0.2) is 0 Å². The van der Waals surface area contributed by atoms with Crippen molar-refractivity contribution in [3.63, 3.8) is 0 Å². The van der Waals surface area contributed by atoms with Crippen molar-refractivity contribution in [3.8, 4) is 11.8 Å². The van der Waals surface area contributed by atoms with E-state index in [0.29, 0.717) is 16.7 Å². The van der Waals surface area contributed by atoms with Crippen LogP contribution in [0, 0.1) is 18.8 Å². The summed E-state index contributed by atoms with van der Waals surface area (Å²) < 4.78 is 36.8. The molecule has 0 radical (unpaired) electrons. The van der Waals surface area contributed by atoms with Crippen LogP contribution < -0.4 is 11.1 Å².